The third kappa shape index (κ3) is 1.44. The monoisotopic (exact) mass is 203 g/mol. The van der Waals surface area contributed by atoms with Crippen LogP contribution in [0.5, 0.6) is 5.75 Å². The molecule has 2 unspecified atom stereocenters. The quantitative estimate of drug-likeness (QED) is 0.640. The maximum Gasteiger partial charge on any atom is 0.123 e. The van der Waals surface area contributed by atoms with Crippen molar-refractivity contribution in [3.05, 3.63) is 29.3 Å². The first-order valence-corrected chi connectivity index (χ1v) is 5.70. The standard InChI is InChI=1S/C13H17NO/c1-9-3-4-10-11-5-6-14(2)8-13(11)15-12(10)7-9/h3-4,7,11,13H,5-6,8H2,1-2H3. The fraction of sp³-hybridized carbons (Fsp3) is 0.538. The molecule has 2 atom stereocenters. The zero-order chi connectivity index (χ0) is 10.4. The van der Waals surface area contributed by atoms with E-state index in [1.54, 1.807) is 0 Å². The normalized spacial score (nSPS) is 29.5. The highest BCUT2D eigenvalue weighted by Crippen LogP contribution is 2.42. The summed E-state index contributed by atoms with van der Waals surface area (Å²) in [5.41, 5.74) is 2.72. The van der Waals surface area contributed by atoms with Crippen LogP contribution in [0, 0.1) is 6.92 Å². The number of ether oxygens (including phenoxy) is 1. The fourth-order valence-electron chi connectivity index (χ4n) is 2.76. The Balaban J connectivity index is 1.95. The minimum atomic E-state index is 0.389. The predicted molar refractivity (Wildman–Crippen MR) is 60.5 cm³/mol. The number of likely N-dealkylation sites (tertiary alicyclic amines) is 1. The van der Waals surface area contributed by atoms with Gasteiger partial charge in [-0.2, -0.15) is 0 Å². The van der Waals surface area contributed by atoms with E-state index in [2.05, 4.69) is 37.1 Å². The largest absolute Gasteiger partial charge is 0.488 e. The molecule has 2 heteroatoms. The van der Waals surface area contributed by atoms with Crippen molar-refractivity contribution in [3.8, 4) is 5.75 Å². The predicted octanol–water partition coefficient (Wildman–Crippen LogP) is 2.18. The molecule has 1 saturated heterocycles. The van der Waals surface area contributed by atoms with E-state index >= 15 is 0 Å². The Hall–Kier alpha value is -1.02. The van der Waals surface area contributed by atoms with Gasteiger partial charge in [0.15, 0.2) is 0 Å². The Labute approximate surface area is 90.8 Å². The molecule has 2 aliphatic rings. The number of likely N-dealkylation sites (N-methyl/N-ethyl adjacent to an activating group) is 1. The van der Waals surface area contributed by atoms with E-state index in [-0.39, 0.29) is 0 Å². The summed E-state index contributed by atoms with van der Waals surface area (Å²) in [4.78, 5) is 2.36. The number of hydrogen-bond donors (Lipinski definition) is 0. The van der Waals surface area contributed by atoms with Crippen LogP contribution in [-0.2, 0) is 0 Å². The summed E-state index contributed by atoms with van der Waals surface area (Å²) in [6.45, 7) is 4.38. The van der Waals surface area contributed by atoms with Gasteiger partial charge in [-0.25, -0.2) is 0 Å². The summed E-state index contributed by atoms with van der Waals surface area (Å²) in [5, 5.41) is 0. The lowest BCUT2D eigenvalue weighted by Gasteiger charge is -2.31. The molecule has 2 aliphatic heterocycles. The number of nitrogens with zero attached hydrogens (tertiary/aromatic N) is 1. The molecule has 1 aromatic carbocycles. The van der Waals surface area contributed by atoms with E-state index in [0.29, 0.717) is 12.0 Å². The smallest absolute Gasteiger partial charge is 0.123 e. The third-order valence-electron chi connectivity index (χ3n) is 3.61. The van der Waals surface area contributed by atoms with Crippen LogP contribution in [-0.4, -0.2) is 31.1 Å². The zero-order valence-electron chi connectivity index (χ0n) is 9.36. The molecule has 0 aliphatic carbocycles. The van der Waals surface area contributed by atoms with Crippen molar-refractivity contribution in [1.82, 2.24) is 4.90 Å². The van der Waals surface area contributed by atoms with E-state index in [1.165, 1.54) is 24.1 Å². The number of piperidine rings is 1. The van der Waals surface area contributed by atoms with Gasteiger partial charge in [-0.05, 0) is 38.6 Å². The molecule has 0 aromatic heterocycles. The summed E-state index contributed by atoms with van der Waals surface area (Å²) in [7, 11) is 2.17. The number of rotatable bonds is 0. The van der Waals surface area contributed by atoms with E-state index in [0.717, 1.165) is 12.3 Å². The molecule has 80 valence electrons. The lowest BCUT2D eigenvalue weighted by Crippen LogP contribution is -2.40. The highest BCUT2D eigenvalue weighted by atomic mass is 16.5. The average molecular weight is 203 g/mol. The molecule has 3 rings (SSSR count). The first-order valence-electron chi connectivity index (χ1n) is 5.70. The van der Waals surface area contributed by atoms with Gasteiger partial charge in [0.1, 0.15) is 11.9 Å². The van der Waals surface area contributed by atoms with Gasteiger partial charge in [0.25, 0.3) is 0 Å². The van der Waals surface area contributed by atoms with Crippen molar-refractivity contribution in [3.63, 3.8) is 0 Å². The van der Waals surface area contributed by atoms with Gasteiger partial charge >= 0.3 is 0 Å². The molecule has 0 amide bonds. The number of benzene rings is 1. The van der Waals surface area contributed by atoms with Crippen LogP contribution in [0.15, 0.2) is 18.2 Å². The molecular weight excluding hydrogens is 186 g/mol. The Morgan fingerprint density at radius 3 is 3.13 bits per heavy atom. The summed E-state index contributed by atoms with van der Waals surface area (Å²) in [6, 6.07) is 6.62. The molecule has 2 nitrogen and oxygen atoms in total. The van der Waals surface area contributed by atoms with Crippen LogP contribution < -0.4 is 4.74 Å². The van der Waals surface area contributed by atoms with Crippen LogP contribution in [0.1, 0.15) is 23.5 Å². The molecule has 0 N–H and O–H groups in total. The van der Waals surface area contributed by atoms with E-state index in [1.807, 2.05) is 0 Å². The Morgan fingerprint density at radius 2 is 2.27 bits per heavy atom. The minimum Gasteiger partial charge on any atom is -0.488 e. The van der Waals surface area contributed by atoms with E-state index in [4.69, 9.17) is 4.74 Å². The summed E-state index contributed by atoms with van der Waals surface area (Å²) >= 11 is 0. The molecule has 0 saturated carbocycles. The van der Waals surface area contributed by atoms with Gasteiger partial charge in [0, 0.05) is 18.0 Å². The maximum absolute atomic E-state index is 6.02. The van der Waals surface area contributed by atoms with Crippen LogP contribution >= 0.6 is 0 Å². The van der Waals surface area contributed by atoms with Crippen LogP contribution in [0.3, 0.4) is 0 Å². The number of aryl methyl sites for hydroxylation is 1. The van der Waals surface area contributed by atoms with Crippen molar-refractivity contribution in [1.29, 1.82) is 0 Å². The summed E-state index contributed by atoms with van der Waals surface area (Å²) < 4.78 is 6.02. The Kier molecular flexibility index (Phi) is 1.99. The number of fused-ring (bicyclic) bond motifs is 3. The van der Waals surface area contributed by atoms with Crippen LogP contribution in [0.2, 0.25) is 0 Å². The lowest BCUT2D eigenvalue weighted by atomic mass is 9.89. The summed E-state index contributed by atoms with van der Waals surface area (Å²) in [5.74, 6) is 1.76. The first kappa shape index (κ1) is 9.22. The molecular formula is C13H17NO. The SMILES string of the molecule is Cc1ccc2c(c1)OC1CN(C)CCC21. The van der Waals surface area contributed by atoms with E-state index < -0.39 is 0 Å². The second-order valence-electron chi connectivity index (χ2n) is 4.85. The topological polar surface area (TPSA) is 12.5 Å². The minimum absolute atomic E-state index is 0.389. The van der Waals surface area contributed by atoms with Crippen molar-refractivity contribution >= 4 is 0 Å². The van der Waals surface area contributed by atoms with Crippen LogP contribution in [0.25, 0.3) is 0 Å². The zero-order valence-corrected chi connectivity index (χ0v) is 9.36. The van der Waals surface area contributed by atoms with Crippen molar-refractivity contribution in [2.45, 2.75) is 25.4 Å². The van der Waals surface area contributed by atoms with Gasteiger partial charge in [0.2, 0.25) is 0 Å². The molecule has 1 fully saturated rings. The van der Waals surface area contributed by atoms with Gasteiger partial charge in [-0.3, -0.25) is 0 Å². The average Bonchev–Trinajstić information content (AvgIpc) is 2.53. The second-order valence-corrected chi connectivity index (χ2v) is 4.85. The second kappa shape index (κ2) is 3.24. The molecule has 0 radical (unpaired) electrons. The van der Waals surface area contributed by atoms with E-state index in [9.17, 15) is 0 Å². The molecule has 0 bridgehead atoms. The lowest BCUT2D eigenvalue weighted by molar-refractivity contribution is 0.108. The molecule has 2 heterocycles. The Bertz CT molecular complexity index is 388. The number of hydrogen-bond acceptors (Lipinski definition) is 2. The van der Waals surface area contributed by atoms with Crippen molar-refractivity contribution in [2.24, 2.45) is 0 Å². The van der Waals surface area contributed by atoms with Gasteiger partial charge < -0.3 is 9.64 Å². The Morgan fingerprint density at radius 1 is 1.40 bits per heavy atom. The van der Waals surface area contributed by atoms with Crippen LogP contribution in [0.4, 0.5) is 0 Å². The van der Waals surface area contributed by atoms with Gasteiger partial charge in [-0.15, -0.1) is 0 Å². The highest BCUT2D eigenvalue weighted by Gasteiger charge is 2.37. The molecule has 1 aromatic rings. The summed E-state index contributed by atoms with van der Waals surface area (Å²) in [6.07, 6.45) is 1.62. The van der Waals surface area contributed by atoms with Crippen molar-refractivity contribution in [2.75, 3.05) is 20.1 Å². The maximum atomic E-state index is 6.02. The fourth-order valence-corrected chi connectivity index (χ4v) is 2.76. The van der Waals surface area contributed by atoms with Gasteiger partial charge in [-0.1, -0.05) is 12.1 Å². The molecule has 0 spiro atoms. The highest BCUT2D eigenvalue weighted by molar-refractivity contribution is 5.44. The van der Waals surface area contributed by atoms with Gasteiger partial charge in [0.05, 0.1) is 0 Å². The third-order valence-corrected chi connectivity index (χ3v) is 3.61. The first-order chi connectivity index (χ1) is 7.24. The molecule has 15 heavy (non-hydrogen) atoms. The van der Waals surface area contributed by atoms with Crippen molar-refractivity contribution < 1.29 is 4.74 Å².